The van der Waals surface area contributed by atoms with Gasteiger partial charge in [-0.2, -0.15) is 0 Å². The number of fused-ring (bicyclic) bond motifs is 1. The fourth-order valence-corrected chi connectivity index (χ4v) is 4.73. The molecule has 8 nitrogen and oxygen atoms in total. The van der Waals surface area contributed by atoms with Gasteiger partial charge in [0.05, 0.1) is 30.8 Å². The highest BCUT2D eigenvalue weighted by Crippen LogP contribution is 2.27. The highest BCUT2D eigenvalue weighted by molar-refractivity contribution is 5.81. The van der Waals surface area contributed by atoms with E-state index in [1.807, 2.05) is 69.3 Å². The molecule has 37 heavy (non-hydrogen) atoms. The summed E-state index contributed by atoms with van der Waals surface area (Å²) < 4.78 is 5.31. The van der Waals surface area contributed by atoms with Crippen LogP contribution in [0.3, 0.4) is 0 Å². The van der Waals surface area contributed by atoms with Gasteiger partial charge in [0.15, 0.2) is 0 Å². The number of hydrogen-bond acceptors (Lipinski definition) is 5. The number of hydrogen-bond donors (Lipinski definition) is 3. The van der Waals surface area contributed by atoms with Gasteiger partial charge < -0.3 is 15.0 Å². The monoisotopic (exact) mass is 508 g/mol. The molecule has 8 heteroatoms. The normalized spacial score (nSPS) is 13.9. The first-order valence-corrected chi connectivity index (χ1v) is 13.0. The van der Waals surface area contributed by atoms with Crippen molar-refractivity contribution in [1.29, 1.82) is 0 Å². The van der Waals surface area contributed by atoms with Gasteiger partial charge in [-0.1, -0.05) is 65.0 Å². The molecule has 3 N–H and O–H groups in total. The number of ether oxygens (including phenoxy) is 1. The van der Waals surface area contributed by atoms with E-state index in [0.717, 1.165) is 28.8 Å². The summed E-state index contributed by atoms with van der Waals surface area (Å²) in [5, 5.41) is 3.16. The van der Waals surface area contributed by atoms with Crippen LogP contribution in [0.4, 0.5) is 0 Å². The van der Waals surface area contributed by atoms with Crippen LogP contribution in [-0.2, 0) is 21.0 Å². The maximum Gasteiger partial charge on any atom is 0.247 e. The number of rotatable bonds is 13. The zero-order chi connectivity index (χ0) is 26.9. The molecule has 1 aromatic heterocycles. The molecule has 1 unspecified atom stereocenters. The van der Waals surface area contributed by atoms with E-state index < -0.39 is 0 Å². The quantitative estimate of drug-likeness (QED) is 0.271. The molecule has 2 aromatic carbocycles. The van der Waals surface area contributed by atoms with Crippen molar-refractivity contribution in [2.24, 2.45) is 23.7 Å². The van der Waals surface area contributed by atoms with Gasteiger partial charge in [-0.3, -0.25) is 14.4 Å². The van der Waals surface area contributed by atoms with Crippen molar-refractivity contribution in [3.8, 4) is 5.75 Å². The van der Waals surface area contributed by atoms with Crippen molar-refractivity contribution in [3.05, 3.63) is 59.9 Å². The smallest absolute Gasteiger partial charge is 0.247 e. The number of H-pyrrole nitrogens is 1. The molecule has 0 fully saturated rings. The minimum atomic E-state index is -0.372. The molecule has 3 aromatic rings. The van der Waals surface area contributed by atoms with Crippen molar-refractivity contribution < 1.29 is 19.2 Å². The van der Waals surface area contributed by atoms with Crippen molar-refractivity contribution in [3.63, 3.8) is 0 Å². The Labute approximate surface area is 219 Å². The predicted octanol–water partition coefficient (Wildman–Crippen LogP) is 5.32. The molecule has 2 amide bonds. The third kappa shape index (κ3) is 8.05. The molecule has 0 aliphatic heterocycles. The number of aromatic nitrogens is 2. The first-order chi connectivity index (χ1) is 17.7. The molecule has 3 atom stereocenters. The van der Waals surface area contributed by atoms with E-state index in [4.69, 9.17) is 14.6 Å². The fourth-order valence-electron chi connectivity index (χ4n) is 4.73. The van der Waals surface area contributed by atoms with Crippen LogP contribution in [0.5, 0.6) is 5.75 Å². The fraction of sp³-hybridized carbons (Fsp3) is 0.483. The lowest BCUT2D eigenvalue weighted by Gasteiger charge is -2.27. The van der Waals surface area contributed by atoms with Crippen LogP contribution in [-0.4, -0.2) is 28.9 Å². The van der Waals surface area contributed by atoms with Crippen molar-refractivity contribution in [2.75, 3.05) is 7.11 Å². The molecular weight excluding hydrogens is 468 g/mol. The van der Waals surface area contributed by atoms with Crippen LogP contribution in [0.25, 0.3) is 11.0 Å². The summed E-state index contributed by atoms with van der Waals surface area (Å²) in [6.07, 6.45) is 0.954. The van der Waals surface area contributed by atoms with Crippen LogP contribution in [0.1, 0.15) is 64.9 Å². The molecule has 0 bridgehead atoms. The summed E-state index contributed by atoms with van der Waals surface area (Å²) in [5.41, 5.74) is 5.23. The van der Waals surface area contributed by atoms with Crippen LogP contribution >= 0.6 is 0 Å². The minimum Gasteiger partial charge on any atom is -0.497 e. The Balaban J connectivity index is 1.63. The van der Waals surface area contributed by atoms with Gasteiger partial charge in [-0.05, 0) is 41.9 Å². The minimum absolute atomic E-state index is 0.0416. The number of methoxy groups -OCH3 is 1. The number of nitrogens with zero attached hydrogens (tertiary/aromatic N) is 1. The predicted molar refractivity (Wildman–Crippen MR) is 144 cm³/mol. The highest BCUT2D eigenvalue weighted by atomic mass is 16.6. The molecule has 1 heterocycles. The van der Waals surface area contributed by atoms with Crippen molar-refractivity contribution >= 4 is 22.8 Å². The highest BCUT2D eigenvalue weighted by Gasteiger charge is 2.31. The SMILES string of the molecule is COc1ccc2[nH]c(C(CC(C)C)NC(=O)C[C@H](C)[C@@H](C(=O)NOCc3ccccc3)C(C)C)nc2c1. The molecular formula is C29H40N4O4. The van der Waals surface area contributed by atoms with Gasteiger partial charge in [0.1, 0.15) is 11.6 Å². The maximum absolute atomic E-state index is 13.1. The second kappa shape index (κ2) is 13.2. The molecule has 200 valence electrons. The summed E-state index contributed by atoms with van der Waals surface area (Å²) in [7, 11) is 1.62. The average Bonchev–Trinajstić information content (AvgIpc) is 3.27. The van der Waals surface area contributed by atoms with Gasteiger partial charge >= 0.3 is 0 Å². The lowest BCUT2D eigenvalue weighted by molar-refractivity contribution is -0.142. The number of aromatic amines is 1. The third-order valence-corrected chi connectivity index (χ3v) is 6.48. The van der Waals surface area contributed by atoms with Gasteiger partial charge in [-0.15, -0.1) is 0 Å². The van der Waals surface area contributed by atoms with E-state index in [9.17, 15) is 9.59 Å². The lowest BCUT2D eigenvalue weighted by Crippen LogP contribution is -2.39. The van der Waals surface area contributed by atoms with Crippen molar-refractivity contribution in [2.45, 2.75) is 60.1 Å². The van der Waals surface area contributed by atoms with Crippen LogP contribution < -0.4 is 15.5 Å². The Bertz CT molecular complexity index is 1160. The Kier molecular flexibility index (Phi) is 10.1. The van der Waals surface area contributed by atoms with Crippen molar-refractivity contribution in [1.82, 2.24) is 20.8 Å². The number of imidazole rings is 1. The van der Waals surface area contributed by atoms with E-state index in [2.05, 4.69) is 29.6 Å². The molecule has 0 spiro atoms. The Hall–Kier alpha value is -3.39. The van der Waals surface area contributed by atoms with E-state index in [0.29, 0.717) is 11.7 Å². The average molecular weight is 509 g/mol. The first-order valence-electron chi connectivity index (χ1n) is 13.0. The van der Waals surface area contributed by atoms with E-state index in [-0.39, 0.29) is 48.6 Å². The van der Waals surface area contributed by atoms with Crippen LogP contribution in [0, 0.1) is 23.7 Å². The molecule has 0 saturated heterocycles. The summed E-state index contributed by atoms with van der Waals surface area (Å²) >= 11 is 0. The van der Waals surface area contributed by atoms with E-state index in [1.165, 1.54) is 0 Å². The summed E-state index contributed by atoms with van der Waals surface area (Å²) in [5.74, 6) is 0.959. The van der Waals surface area contributed by atoms with Gasteiger partial charge in [-0.25, -0.2) is 10.5 Å². The molecule has 0 aliphatic carbocycles. The topological polar surface area (TPSA) is 105 Å². The Morgan fingerprint density at radius 2 is 1.76 bits per heavy atom. The Morgan fingerprint density at radius 3 is 2.41 bits per heavy atom. The lowest BCUT2D eigenvalue weighted by atomic mass is 9.82. The number of carbonyl (C=O) groups excluding carboxylic acids is 2. The standard InChI is InChI=1S/C29H40N4O4/c1-18(2)14-25(28-31-23-13-12-22(36-6)16-24(23)32-28)30-26(34)15-20(5)27(19(3)4)29(35)33-37-17-21-10-8-7-9-11-21/h7-13,16,18-20,25,27H,14-15,17H2,1-6H3,(H,30,34)(H,31,32)(H,33,35)/t20-,25?,27-/m0/s1. The van der Waals surface area contributed by atoms with Gasteiger partial charge in [0, 0.05) is 18.4 Å². The molecule has 0 saturated carbocycles. The van der Waals surface area contributed by atoms with Crippen LogP contribution in [0.2, 0.25) is 0 Å². The zero-order valence-corrected chi connectivity index (χ0v) is 22.7. The summed E-state index contributed by atoms with van der Waals surface area (Å²) in [6, 6.07) is 15.1. The van der Waals surface area contributed by atoms with Gasteiger partial charge in [0.2, 0.25) is 11.8 Å². The number of amides is 2. The number of benzene rings is 2. The maximum atomic E-state index is 13.1. The molecule has 0 radical (unpaired) electrons. The number of hydroxylamine groups is 1. The zero-order valence-electron chi connectivity index (χ0n) is 22.7. The third-order valence-electron chi connectivity index (χ3n) is 6.48. The molecule has 3 rings (SSSR count). The van der Waals surface area contributed by atoms with Crippen LogP contribution in [0.15, 0.2) is 48.5 Å². The van der Waals surface area contributed by atoms with E-state index in [1.54, 1.807) is 7.11 Å². The van der Waals surface area contributed by atoms with E-state index >= 15 is 0 Å². The second-order valence-electron chi connectivity index (χ2n) is 10.4. The largest absolute Gasteiger partial charge is 0.497 e. The number of nitrogens with one attached hydrogen (secondary N) is 3. The van der Waals surface area contributed by atoms with Gasteiger partial charge in [0.25, 0.3) is 0 Å². The molecule has 0 aliphatic rings. The first kappa shape index (κ1) is 28.2. The summed E-state index contributed by atoms with van der Waals surface area (Å²) in [4.78, 5) is 39.6. The Morgan fingerprint density at radius 1 is 1.03 bits per heavy atom. The number of carbonyl (C=O) groups is 2. The second-order valence-corrected chi connectivity index (χ2v) is 10.4. The summed E-state index contributed by atoms with van der Waals surface area (Å²) in [6.45, 7) is 10.4.